The minimum absolute atomic E-state index is 1.16. The molecule has 1 fully saturated rings. The maximum atomic E-state index is 3.30. The molecular weight excluding hydrogens is 208 g/mol. The zero-order valence-corrected chi connectivity index (χ0v) is 6.34. The first-order chi connectivity index (χ1) is 2.80. The highest BCUT2D eigenvalue weighted by atomic mass is 79.9. The Hall–Kier alpha value is 0.700. The van der Waals surface area contributed by atoms with Crippen molar-refractivity contribution in [2.75, 3.05) is 0 Å². The second kappa shape index (κ2) is 1.66. The molecule has 6 heavy (non-hydrogen) atoms. The molecule has 0 aromatic carbocycles. The van der Waals surface area contributed by atoms with Gasteiger partial charge in [0.25, 0.3) is 0 Å². The third kappa shape index (κ3) is 1.09. The van der Waals surface area contributed by atoms with Crippen LogP contribution in [0.25, 0.3) is 0 Å². The lowest BCUT2D eigenvalue weighted by atomic mass is 10.7. The van der Waals surface area contributed by atoms with E-state index in [1.807, 2.05) is 0 Å². The fourth-order valence-electron chi connectivity index (χ4n) is 0.251. The average Bonchev–Trinajstić information content (AvgIpc) is 2.06. The predicted octanol–water partition coefficient (Wildman–Crippen LogP) is 2.78. The van der Waals surface area contributed by atoms with E-state index in [1.54, 1.807) is 0 Å². The van der Waals surface area contributed by atoms with E-state index in [9.17, 15) is 0 Å². The Balaban J connectivity index is 2.61. The van der Waals surface area contributed by atoms with Crippen LogP contribution in [0.15, 0.2) is 8.96 Å². The largest absolute Gasteiger partial charge is 0.0596 e. The van der Waals surface area contributed by atoms with Crippen molar-refractivity contribution < 1.29 is 0 Å². The van der Waals surface area contributed by atoms with Gasteiger partial charge in [-0.2, -0.15) is 0 Å². The van der Waals surface area contributed by atoms with Gasteiger partial charge in [-0.25, -0.2) is 0 Å². The monoisotopic (exact) mass is 210 g/mol. The summed E-state index contributed by atoms with van der Waals surface area (Å²) in [4.78, 5) is 0. The van der Waals surface area contributed by atoms with Crippen LogP contribution in [0.2, 0.25) is 0 Å². The van der Waals surface area contributed by atoms with Crippen LogP contribution in [0.5, 0.6) is 0 Å². The molecule has 0 bridgehead atoms. The summed E-state index contributed by atoms with van der Waals surface area (Å²) in [5, 5.41) is 0. The fraction of sp³-hybridized carbons (Fsp3) is 0.500. The third-order valence-corrected chi connectivity index (χ3v) is 1.89. The molecule has 1 saturated carbocycles. The van der Waals surface area contributed by atoms with Crippen LogP contribution in [0.1, 0.15) is 12.8 Å². The van der Waals surface area contributed by atoms with Crippen molar-refractivity contribution in [3.05, 3.63) is 8.96 Å². The molecule has 0 N–H and O–H groups in total. The molecule has 0 heterocycles. The Morgan fingerprint density at radius 1 is 1.33 bits per heavy atom. The minimum Gasteiger partial charge on any atom is -0.0483 e. The molecule has 0 aliphatic heterocycles. The molecule has 34 valence electrons. The normalized spacial score (nSPS) is 18.0. The molecule has 0 aromatic heterocycles. The molecule has 0 saturated heterocycles. The number of rotatable bonds is 0. The number of hydrogen-bond donors (Lipinski definition) is 0. The van der Waals surface area contributed by atoms with E-state index in [0.29, 0.717) is 0 Å². The molecule has 1 aliphatic carbocycles. The van der Waals surface area contributed by atoms with Crippen molar-refractivity contribution in [2.24, 2.45) is 0 Å². The first-order valence-corrected chi connectivity index (χ1v) is 3.42. The van der Waals surface area contributed by atoms with Gasteiger partial charge in [0.1, 0.15) is 0 Å². The van der Waals surface area contributed by atoms with Gasteiger partial charge in [-0.05, 0) is 50.3 Å². The lowest BCUT2D eigenvalue weighted by Crippen LogP contribution is -1.39. The highest BCUT2D eigenvalue weighted by molar-refractivity contribution is 9.28. The van der Waals surface area contributed by atoms with E-state index >= 15 is 0 Å². The Bertz CT molecular complexity index is 83.7. The summed E-state index contributed by atoms with van der Waals surface area (Å²) in [6.45, 7) is 0. The molecule has 1 aliphatic rings. The summed E-state index contributed by atoms with van der Waals surface area (Å²) in [7, 11) is 0. The van der Waals surface area contributed by atoms with Gasteiger partial charge in [0.15, 0.2) is 0 Å². The number of halogens is 2. The molecule has 2 heteroatoms. The molecule has 0 atom stereocenters. The first-order valence-electron chi connectivity index (χ1n) is 1.84. The molecule has 0 amide bonds. The summed E-state index contributed by atoms with van der Waals surface area (Å²) in [6.07, 6.45) is 2.57. The number of hydrogen-bond acceptors (Lipinski definition) is 0. The molecule has 0 aromatic rings. The van der Waals surface area contributed by atoms with Crippen LogP contribution in [-0.4, -0.2) is 0 Å². The first kappa shape index (κ1) is 4.85. The van der Waals surface area contributed by atoms with Gasteiger partial charge in [0.2, 0.25) is 0 Å². The van der Waals surface area contributed by atoms with Crippen molar-refractivity contribution in [2.45, 2.75) is 12.8 Å². The summed E-state index contributed by atoms with van der Waals surface area (Å²) in [5.41, 5.74) is 1.51. The van der Waals surface area contributed by atoms with Gasteiger partial charge in [0, 0.05) is 0 Å². The second-order valence-electron chi connectivity index (χ2n) is 1.36. The van der Waals surface area contributed by atoms with Gasteiger partial charge in [-0.1, -0.05) is 0 Å². The quantitative estimate of drug-likeness (QED) is 0.578. The SMILES string of the molecule is BrC(Br)=C1CC1. The molecular formula is C4H4Br2. The topological polar surface area (TPSA) is 0 Å². The standard InChI is InChI=1S/C4H4Br2/c5-4(6)3-1-2-3/h1-2H2. The zero-order chi connectivity index (χ0) is 4.57. The van der Waals surface area contributed by atoms with Crippen molar-refractivity contribution in [1.82, 2.24) is 0 Å². The molecule has 0 spiro atoms. The second-order valence-corrected chi connectivity index (χ2v) is 4.01. The van der Waals surface area contributed by atoms with Gasteiger partial charge in [-0.15, -0.1) is 0 Å². The Morgan fingerprint density at radius 2 is 1.83 bits per heavy atom. The van der Waals surface area contributed by atoms with Crippen molar-refractivity contribution >= 4 is 31.9 Å². The van der Waals surface area contributed by atoms with Crippen molar-refractivity contribution in [3.63, 3.8) is 0 Å². The third-order valence-electron chi connectivity index (χ3n) is 0.767. The lowest BCUT2D eigenvalue weighted by Gasteiger charge is -1.70. The summed E-state index contributed by atoms with van der Waals surface area (Å²) >= 11 is 6.59. The van der Waals surface area contributed by atoms with E-state index in [0.717, 1.165) is 3.39 Å². The smallest absolute Gasteiger partial charge is 0.0483 e. The van der Waals surface area contributed by atoms with Crippen molar-refractivity contribution in [1.29, 1.82) is 0 Å². The van der Waals surface area contributed by atoms with E-state index < -0.39 is 0 Å². The van der Waals surface area contributed by atoms with E-state index in [1.165, 1.54) is 18.4 Å². The van der Waals surface area contributed by atoms with Crippen LogP contribution in [0.3, 0.4) is 0 Å². The van der Waals surface area contributed by atoms with Gasteiger partial charge < -0.3 is 0 Å². The number of allylic oxidation sites excluding steroid dienone is 1. The van der Waals surface area contributed by atoms with E-state index in [2.05, 4.69) is 31.9 Å². The molecule has 0 unspecified atom stereocenters. The van der Waals surface area contributed by atoms with Crippen molar-refractivity contribution in [3.8, 4) is 0 Å². The Labute approximate surface area is 53.9 Å². The molecule has 0 radical (unpaired) electrons. The molecule has 1 rings (SSSR count). The van der Waals surface area contributed by atoms with Gasteiger partial charge in [0.05, 0.1) is 3.39 Å². The van der Waals surface area contributed by atoms with Crippen LogP contribution < -0.4 is 0 Å². The summed E-state index contributed by atoms with van der Waals surface area (Å²) < 4.78 is 1.16. The highest BCUT2D eigenvalue weighted by Gasteiger charge is 2.13. The predicted molar refractivity (Wildman–Crippen MR) is 34.1 cm³/mol. The zero-order valence-electron chi connectivity index (χ0n) is 3.17. The maximum Gasteiger partial charge on any atom is 0.0596 e. The van der Waals surface area contributed by atoms with Crippen LogP contribution in [-0.2, 0) is 0 Å². The highest BCUT2D eigenvalue weighted by Crippen LogP contribution is 2.36. The summed E-state index contributed by atoms with van der Waals surface area (Å²) in [6, 6.07) is 0. The Morgan fingerprint density at radius 3 is 1.83 bits per heavy atom. The average molecular weight is 212 g/mol. The molecule has 0 nitrogen and oxygen atoms in total. The minimum atomic E-state index is 1.16. The van der Waals surface area contributed by atoms with E-state index in [4.69, 9.17) is 0 Å². The maximum absolute atomic E-state index is 3.30. The van der Waals surface area contributed by atoms with Crippen LogP contribution in [0, 0.1) is 0 Å². The van der Waals surface area contributed by atoms with Gasteiger partial charge >= 0.3 is 0 Å². The fourth-order valence-corrected chi connectivity index (χ4v) is 1.04. The van der Waals surface area contributed by atoms with Gasteiger partial charge in [-0.3, -0.25) is 0 Å². The van der Waals surface area contributed by atoms with Crippen LogP contribution in [0.4, 0.5) is 0 Å². The Kier molecular flexibility index (Phi) is 1.34. The van der Waals surface area contributed by atoms with E-state index in [-0.39, 0.29) is 0 Å². The lowest BCUT2D eigenvalue weighted by molar-refractivity contribution is 1.50. The van der Waals surface area contributed by atoms with Crippen LogP contribution >= 0.6 is 31.9 Å². The summed E-state index contributed by atoms with van der Waals surface area (Å²) in [5.74, 6) is 0.